The van der Waals surface area contributed by atoms with Crippen LogP contribution in [-0.4, -0.2) is 21.8 Å². The summed E-state index contributed by atoms with van der Waals surface area (Å²) >= 11 is 7.17. The van der Waals surface area contributed by atoms with Crippen LogP contribution in [0.25, 0.3) is 10.4 Å². The number of carbonyl (C=O) groups excluding carboxylic acids is 2. The molecule has 0 radical (unpaired) electrons. The summed E-state index contributed by atoms with van der Waals surface area (Å²) in [7, 11) is 0. The number of thiazole rings is 1. The number of rotatable bonds is 5. The van der Waals surface area contributed by atoms with Crippen molar-refractivity contribution in [2.45, 2.75) is 13.1 Å². The van der Waals surface area contributed by atoms with E-state index in [2.05, 4.69) is 20.6 Å². The van der Waals surface area contributed by atoms with Crippen LogP contribution in [0.2, 0.25) is 5.02 Å². The maximum atomic E-state index is 13.0. The van der Waals surface area contributed by atoms with E-state index in [-0.39, 0.29) is 17.3 Å². The largest absolute Gasteiger partial charge is 0.416 e. The van der Waals surface area contributed by atoms with Gasteiger partial charge in [0.25, 0.3) is 11.8 Å². The smallest absolute Gasteiger partial charge is 0.307 e. The molecular formula is C24H16ClF3N4O2S. The van der Waals surface area contributed by atoms with Gasteiger partial charge < -0.3 is 5.32 Å². The van der Waals surface area contributed by atoms with E-state index in [1.54, 1.807) is 43.3 Å². The molecule has 6 nitrogen and oxygen atoms in total. The van der Waals surface area contributed by atoms with E-state index in [0.717, 1.165) is 17.0 Å². The highest BCUT2D eigenvalue weighted by Gasteiger charge is 2.31. The van der Waals surface area contributed by atoms with Crippen molar-refractivity contribution >= 4 is 45.7 Å². The van der Waals surface area contributed by atoms with E-state index in [4.69, 9.17) is 11.6 Å². The fraction of sp³-hybridized carbons (Fsp3) is 0.0833. The molecule has 0 fully saturated rings. The predicted octanol–water partition coefficient (Wildman–Crippen LogP) is 6.69. The number of hydrogen-bond acceptors (Lipinski definition) is 5. The van der Waals surface area contributed by atoms with Crippen LogP contribution in [0.4, 0.5) is 24.1 Å². The minimum Gasteiger partial charge on any atom is -0.307 e. The number of benzene rings is 2. The summed E-state index contributed by atoms with van der Waals surface area (Å²) in [6.07, 6.45) is -3.10. The monoisotopic (exact) mass is 516 g/mol. The van der Waals surface area contributed by atoms with E-state index in [1.165, 1.54) is 29.7 Å². The Balaban J connectivity index is 1.52. The first-order valence-electron chi connectivity index (χ1n) is 10.1. The second-order valence-electron chi connectivity index (χ2n) is 7.36. The highest BCUT2D eigenvalue weighted by atomic mass is 35.5. The molecule has 0 spiro atoms. The molecule has 2 N–H and O–H groups in total. The molecule has 2 aromatic heterocycles. The maximum Gasteiger partial charge on any atom is 0.416 e. The maximum absolute atomic E-state index is 13.0. The first-order chi connectivity index (χ1) is 16.6. The van der Waals surface area contributed by atoms with Gasteiger partial charge in [-0.2, -0.15) is 13.2 Å². The number of carbonyl (C=O) groups is 2. The molecule has 11 heteroatoms. The third-order valence-electron chi connectivity index (χ3n) is 4.82. The van der Waals surface area contributed by atoms with E-state index in [1.807, 2.05) is 0 Å². The lowest BCUT2D eigenvalue weighted by Gasteiger charge is -2.09. The van der Waals surface area contributed by atoms with Gasteiger partial charge in [0.15, 0.2) is 5.13 Å². The van der Waals surface area contributed by atoms with Crippen LogP contribution in [-0.2, 0) is 6.18 Å². The molecule has 0 bridgehead atoms. The van der Waals surface area contributed by atoms with Gasteiger partial charge in [-0.1, -0.05) is 35.1 Å². The Morgan fingerprint density at radius 3 is 2.34 bits per heavy atom. The number of amides is 2. The van der Waals surface area contributed by atoms with Gasteiger partial charge in [-0.05, 0) is 61.0 Å². The summed E-state index contributed by atoms with van der Waals surface area (Å²) in [6, 6.07) is 13.9. The average Bonchev–Trinajstić information content (AvgIpc) is 3.18. The third-order valence-corrected chi connectivity index (χ3v) is 6.18. The molecular weight excluding hydrogens is 501 g/mol. The van der Waals surface area contributed by atoms with Crippen molar-refractivity contribution in [1.82, 2.24) is 9.97 Å². The Hall–Kier alpha value is -3.76. The van der Waals surface area contributed by atoms with Crippen LogP contribution in [0.3, 0.4) is 0 Å². The Morgan fingerprint density at radius 1 is 0.943 bits per heavy atom. The molecule has 0 saturated heterocycles. The van der Waals surface area contributed by atoms with Crippen LogP contribution in [0.5, 0.6) is 0 Å². The zero-order valence-corrected chi connectivity index (χ0v) is 19.6. The van der Waals surface area contributed by atoms with Gasteiger partial charge >= 0.3 is 6.18 Å². The normalized spacial score (nSPS) is 11.2. The molecule has 0 unspecified atom stereocenters. The van der Waals surface area contributed by atoms with Crippen molar-refractivity contribution in [2.24, 2.45) is 0 Å². The standard InChI is InChI=1S/C24H16ClF3N4O2S/c1-13-20(35-23(30-13)32-22(34)16-5-3-7-18(25)11-16)14-8-9-29-19(12-14)31-21(33)15-4-2-6-17(10-15)24(26,27)28/h2-12H,1H3,(H,29,31,33)(H,30,32,34). The minimum absolute atomic E-state index is 0.146. The van der Waals surface area contributed by atoms with Crippen molar-refractivity contribution < 1.29 is 22.8 Å². The number of aryl methyl sites for hydroxylation is 1. The molecule has 0 atom stereocenters. The predicted molar refractivity (Wildman–Crippen MR) is 129 cm³/mol. The number of anilines is 2. The highest BCUT2D eigenvalue weighted by Crippen LogP contribution is 2.34. The summed E-state index contributed by atoms with van der Waals surface area (Å²) in [6.45, 7) is 1.77. The number of aromatic nitrogens is 2. The van der Waals surface area contributed by atoms with Gasteiger partial charge in [0.2, 0.25) is 0 Å². The van der Waals surface area contributed by atoms with E-state index < -0.39 is 17.6 Å². The Morgan fingerprint density at radius 2 is 1.63 bits per heavy atom. The second kappa shape index (κ2) is 9.85. The molecule has 0 aliphatic carbocycles. The van der Waals surface area contributed by atoms with Crippen molar-refractivity contribution in [1.29, 1.82) is 0 Å². The SMILES string of the molecule is Cc1nc(NC(=O)c2cccc(Cl)c2)sc1-c1ccnc(NC(=O)c2cccc(C(F)(F)F)c2)c1. The van der Waals surface area contributed by atoms with Crippen molar-refractivity contribution in [2.75, 3.05) is 10.6 Å². The number of nitrogens with one attached hydrogen (secondary N) is 2. The average molecular weight is 517 g/mol. The van der Waals surface area contributed by atoms with Crippen LogP contribution in [0.1, 0.15) is 32.0 Å². The Bertz CT molecular complexity index is 1420. The first-order valence-corrected chi connectivity index (χ1v) is 11.3. The summed E-state index contributed by atoms with van der Waals surface area (Å²) in [5.41, 5.74) is 0.622. The van der Waals surface area contributed by atoms with E-state index >= 15 is 0 Å². The van der Waals surface area contributed by atoms with Gasteiger partial charge in [-0.25, -0.2) is 9.97 Å². The van der Waals surface area contributed by atoms with Gasteiger partial charge in [0, 0.05) is 22.3 Å². The highest BCUT2D eigenvalue weighted by molar-refractivity contribution is 7.19. The summed E-state index contributed by atoms with van der Waals surface area (Å²) < 4.78 is 38.9. The molecule has 4 rings (SSSR count). The van der Waals surface area contributed by atoms with Crippen LogP contribution in [0.15, 0.2) is 66.9 Å². The molecule has 0 aliphatic heterocycles. The van der Waals surface area contributed by atoms with Gasteiger partial charge in [0.1, 0.15) is 5.82 Å². The summed E-state index contributed by atoms with van der Waals surface area (Å²) in [5, 5.41) is 6.06. The van der Waals surface area contributed by atoms with E-state index in [9.17, 15) is 22.8 Å². The fourth-order valence-corrected chi connectivity index (χ4v) is 4.33. The van der Waals surface area contributed by atoms with Crippen LogP contribution in [0, 0.1) is 6.92 Å². The Kier molecular flexibility index (Phi) is 6.86. The summed E-state index contributed by atoms with van der Waals surface area (Å²) in [4.78, 5) is 34.2. The molecule has 178 valence electrons. The first kappa shape index (κ1) is 24.4. The van der Waals surface area contributed by atoms with Crippen LogP contribution >= 0.6 is 22.9 Å². The molecule has 4 aromatic rings. The quantitative estimate of drug-likeness (QED) is 0.309. The number of nitrogens with zero attached hydrogens (tertiary/aromatic N) is 2. The molecule has 2 heterocycles. The molecule has 2 aromatic carbocycles. The lowest BCUT2D eigenvalue weighted by molar-refractivity contribution is -0.137. The molecule has 35 heavy (non-hydrogen) atoms. The fourth-order valence-electron chi connectivity index (χ4n) is 3.18. The summed E-state index contributed by atoms with van der Waals surface area (Å²) in [5.74, 6) is -0.935. The Labute approximate surface area is 206 Å². The number of hydrogen-bond donors (Lipinski definition) is 2. The zero-order valence-electron chi connectivity index (χ0n) is 18.0. The topological polar surface area (TPSA) is 84.0 Å². The molecule has 0 saturated carbocycles. The lowest BCUT2D eigenvalue weighted by atomic mass is 10.1. The van der Waals surface area contributed by atoms with Crippen molar-refractivity contribution in [3.63, 3.8) is 0 Å². The third kappa shape index (κ3) is 5.84. The van der Waals surface area contributed by atoms with Crippen LogP contribution < -0.4 is 10.6 Å². The zero-order chi connectivity index (χ0) is 25.2. The van der Waals surface area contributed by atoms with E-state index in [0.29, 0.717) is 27.0 Å². The molecule has 0 aliphatic rings. The number of halogens is 4. The van der Waals surface area contributed by atoms with Gasteiger partial charge in [-0.3, -0.25) is 14.9 Å². The van der Waals surface area contributed by atoms with Gasteiger partial charge in [-0.15, -0.1) is 0 Å². The van der Waals surface area contributed by atoms with Crippen molar-refractivity contribution in [3.05, 3.63) is 94.3 Å². The van der Waals surface area contributed by atoms with Gasteiger partial charge in [0.05, 0.1) is 16.1 Å². The number of alkyl halides is 3. The molecule has 2 amide bonds. The lowest BCUT2D eigenvalue weighted by Crippen LogP contribution is -2.14. The van der Waals surface area contributed by atoms with Crippen molar-refractivity contribution in [3.8, 4) is 10.4 Å². The minimum atomic E-state index is -4.56. The second-order valence-corrected chi connectivity index (χ2v) is 8.80. The number of pyridine rings is 1.